The van der Waals surface area contributed by atoms with Crippen LogP contribution < -0.4 is 15.4 Å². The fourth-order valence-electron chi connectivity index (χ4n) is 2.34. The molecule has 114 valence electrons. The van der Waals surface area contributed by atoms with Crippen molar-refractivity contribution in [2.24, 2.45) is 0 Å². The number of carbonyl (C=O) groups is 2. The summed E-state index contributed by atoms with van der Waals surface area (Å²) < 4.78 is 5.46. The summed E-state index contributed by atoms with van der Waals surface area (Å²) in [7, 11) is 0. The number of fused-ring (bicyclic) bond motifs is 1. The van der Waals surface area contributed by atoms with Gasteiger partial charge in [0.05, 0.1) is 6.54 Å². The van der Waals surface area contributed by atoms with Gasteiger partial charge in [-0.1, -0.05) is 13.0 Å². The second-order valence-electron chi connectivity index (χ2n) is 5.20. The minimum Gasteiger partial charge on any atom is -0.484 e. The summed E-state index contributed by atoms with van der Waals surface area (Å²) in [6, 6.07) is 5.96. The topological polar surface area (TPSA) is 67.4 Å². The first-order valence-corrected chi connectivity index (χ1v) is 7.47. The maximum atomic E-state index is 11.6. The van der Waals surface area contributed by atoms with Crippen molar-refractivity contribution >= 4 is 11.8 Å². The largest absolute Gasteiger partial charge is 0.484 e. The van der Waals surface area contributed by atoms with Crippen LogP contribution in [0.2, 0.25) is 0 Å². The van der Waals surface area contributed by atoms with Gasteiger partial charge in [-0.05, 0) is 48.9 Å². The van der Waals surface area contributed by atoms with Crippen molar-refractivity contribution in [2.75, 3.05) is 19.7 Å². The Morgan fingerprint density at radius 2 is 1.95 bits per heavy atom. The molecule has 0 fully saturated rings. The predicted octanol–water partition coefficient (Wildman–Crippen LogP) is 1.20. The molecule has 1 aromatic rings. The highest BCUT2D eigenvalue weighted by Gasteiger charge is 2.12. The standard InChI is InChI=1S/C16H22N2O3/c1-2-8-17-15(19)10-18-16(20)11-21-14-7-6-12-4-3-5-13(12)9-14/h6-7,9H,2-5,8,10-11H2,1H3,(H,17,19)(H,18,20). The van der Waals surface area contributed by atoms with Gasteiger partial charge in [-0.2, -0.15) is 0 Å². The molecule has 0 spiro atoms. The van der Waals surface area contributed by atoms with Gasteiger partial charge >= 0.3 is 0 Å². The number of rotatable bonds is 7. The van der Waals surface area contributed by atoms with E-state index < -0.39 is 0 Å². The molecule has 1 aromatic carbocycles. The number of carbonyl (C=O) groups excluding carboxylic acids is 2. The van der Waals surface area contributed by atoms with Crippen LogP contribution in [0.4, 0.5) is 0 Å². The number of aryl methyl sites for hydroxylation is 2. The van der Waals surface area contributed by atoms with Crippen molar-refractivity contribution in [3.05, 3.63) is 29.3 Å². The summed E-state index contributed by atoms with van der Waals surface area (Å²) in [4.78, 5) is 23.0. The fraction of sp³-hybridized carbons (Fsp3) is 0.500. The SMILES string of the molecule is CCCNC(=O)CNC(=O)COc1ccc2c(c1)CCC2. The maximum Gasteiger partial charge on any atom is 0.258 e. The highest BCUT2D eigenvalue weighted by Crippen LogP contribution is 2.25. The van der Waals surface area contributed by atoms with E-state index in [9.17, 15) is 9.59 Å². The van der Waals surface area contributed by atoms with E-state index in [1.807, 2.05) is 19.1 Å². The molecule has 0 atom stereocenters. The van der Waals surface area contributed by atoms with Crippen LogP contribution in [0.3, 0.4) is 0 Å². The lowest BCUT2D eigenvalue weighted by Crippen LogP contribution is -2.39. The zero-order chi connectivity index (χ0) is 15.1. The van der Waals surface area contributed by atoms with Gasteiger partial charge in [0.1, 0.15) is 5.75 Å². The second kappa shape index (κ2) is 7.67. The third-order valence-electron chi connectivity index (χ3n) is 3.46. The molecule has 0 radical (unpaired) electrons. The average molecular weight is 290 g/mol. The van der Waals surface area contributed by atoms with Crippen LogP contribution in [-0.4, -0.2) is 31.5 Å². The monoisotopic (exact) mass is 290 g/mol. The van der Waals surface area contributed by atoms with Gasteiger partial charge in [-0.25, -0.2) is 0 Å². The average Bonchev–Trinajstić information content (AvgIpc) is 2.96. The Hall–Kier alpha value is -2.04. The van der Waals surface area contributed by atoms with E-state index in [-0.39, 0.29) is 25.0 Å². The number of amides is 2. The fourth-order valence-corrected chi connectivity index (χ4v) is 2.34. The third kappa shape index (κ3) is 4.77. The van der Waals surface area contributed by atoms with Crippen molar-refractivity contribution in [2.45, 2.75) is 32.6 Å². The Labute approximate surface area is 125 Å². The van der Waals surface area contributed by atoms with Crippen LogP contribution in [0.5, 0.6) is 5.75 Å². The molecular formula is C16H22N2O3. The molecule has 0 bridgehead atoms. The minimum absolute atomic E-state index is 0.00756. The zero-order valence-electron chi connectivity index (χ0n) is 12.4. The molecule has 1 aliphatic carbocycles. The van der Waals surface area contributed by atoms with E-state index in [2.05, 4.69) is 16.7 Å². The van der Waals surface area contributed by atoms with Crippen LogP contribution in [-0.2, 0) is 22.4 Å². The van der Waals surface area contributed by atoms with Gasteiger partial charge in [0.15, 0.2) is 6.61 Å². The van der Waals surface area contributed by atoms with E-state index in [1.54, 1.807) is 0 Å². The van der Waals surface area contributed by atoms with Crippen molar-refractivity contribution in [1.82, 2.24) is 10.6 Å². The predicted molar refractivity (Wildman–Crippen MR) is 80.3 cm³/mol. The lowest BCUT2D eigenvalue weighted by atomic mass is 10.1. The lowest BCUT2D eigenvalue weighted by molar-refractivity contribution is -0.127. The number of nitrogens with one attached hydrogen (secondary N) is 2. The molecule has 2 rings (SSSR count). The summed E-state index contributed by atoms with van der Waals surface area (Å²) in [6.45, 7) is 2.52. The Morgan fingerprint density at radius 3 is 2.76 bits per heavy atom. The summed E-state index contributed by atoms with van der Waals surface area (Å²) in [5, 5.41) is 5.23. The summed E-state index contributed by atoms with van der Waals surface area (Å²) in [5.41, 5.74) is 2.69. The molecule has 5 nitrogen and oxygen atoms in total. The molecular weight excluding hydrogens is 268 g/mol. The summed E-state index contributed by atoms with van der Waals surface area (Å²) >= 11 is 0. The maximum absolute atomic E-state index is 11.6. The van der Waals surface area contributed by atoms with Crippen LogP contribution in [0.15, 0.2) is 18.2 Å². The smallest absolute Gasteiger partial charge is 0.258 e. The highest BCUT2D eigenvalue weighted by molar-refractivity contribution is 5.85. The van der Waals surface area contributed by atoms with Crippen LogP contribution in [0.1, 0.15) is 30.9 Å². The Morgan fingerprint density at radius 1 is 1.14 bits per heavy atom. The van der Waals surface area contributed by atoms with Crippen LogP contribution in [0, 0.1) is 0 Å². The first kappa shape index (κ1) is 15.4. The number of hydrogen-bond acceptors (Lipinski definition) is 3. The zero-order valence-corrected chi connectivity index (χ0v) is 12.4. The number of benzene rings is 1. The number of hydrogen-bond donors (Lipinski definition) is 2. The highest BCUT2D eigenvalue weighted by atomic mass is 16.5. The molecule has 0 saturated heterocycles. The van der Waals surface area contributed by atoms with E-state index in [0.29, 0.717) is 12.3 Å². The molecule has 0 saturated carbocycles. The van der Waals surface area contributed by atoms with E-state index in [1.165, 1.54) is 17.5 Å². The van der Waals surface area contributed by atoms with Gasteiger partial charge in [-0.15, -0.1) is 0 Å². The van der Waals surface area contributed by atoms with E-state index >= 15 is 0 Å². The molecule has 0 aromatic heterocycles. The molecule has 2 amide bonds. The Kier molecular flexibility index (Phi) is 5.60. The van der Waals surface area contributed by atoms with Crippen LogP contribution >= 0.6 is 0 Å². The van der Waals surface area contributed by atoms with E-state index in [4.69, 9.17) is 4.74 Å². The van der Waals surface area contributed by atoms with Crippen molar-refractivity contribution in [1.29, 1.82) is 0 Å². The lowest BCUT2D eigenvalue weighted by Gasteiger charge is -2.09. The first-order chi connectivity index (χ1) is 10.2. The minimum atomic E-state index is -0.290. The normalized spacial score (nSPS) is 12.6. The Balaban J connectivity index is 1.70. The van der Waals surface area contributed by atoms with Gasteiger partial charge < -0.3 is 15.4 Å². The molecule has 0 heterocycles. The molecule has 21 heavy (non-hydrogen) atoms. The van der Waals surface area contributed by atoms with Crippen LogP contribution in [0.25, 0.3) is 0 Å². The number of ether oxygens (including phenoxy) is 1. The third-order valence-corrected chi connectivity index (χ3v) is 3.46. The van der Waals surface area contributed by atoms with Gasteiger partial charge in [0, 0.05) is 6.54 Å². The quantitative estimate of drug-likeness (QED) is 0.793. The summed E-state index contributed by atoms with van der Waals surface area (Å²) in [6.07, 6.45) is 4.27. The van der Waals surface area contributed by atoms with Gasteiger partial charge in [-0.3, -0.25) is 9.59 Å². The molecule has 0 unspecified atom stereocenters. The van der Waals surface area contributed by atoms with Gasteiger partial charge in [0.2, 0.25) is 5.91 Å². The van der Waals surface area contributed by atoms with Gasteiger partial charge in [0.25, 0.3) is 5.91 Å². The molecule has 1 aliphatic rings. The molecule has 2 N–H and O–H groups in total. The summed E-state index contributed by atoms with van der Waals surface area (Å²) in [5.74, 6) is 0.242. The Bertz CT molecular complexity index is 514. The van der Waals surface area contributed by atoms with E-state index in [0.717, 1.165) is 19.3 Å². The molecule has 5 heteroatoms. The first-order valence-electron chi connectivity index (χ1n) is 7.47. The van der Waals surface area contributed by atoms with Crippen molar-refractivity contribution < 1.29 is 14.3 Å². The molecule has 0 aliphatic heterocycles. The van der Waals surface area contributed by atoms with Crippen molar-refractivity contribution in [3.8, 4) is 5.75 Å². The second-order valence-corrected chi connectivity index (χ2v) is 5.20. The van der Waals surface area contributed by atoms with Crippen molar-refractivity contribution in [3.63, 3.8) is 0 Å².